The van der Waals surface area contributed by atoms with Crippen molar-refractivity contribution in [2.24, 2.45) is 5.41 Å². The van der Waals surface area contributed by atoms with Gasteiger partial charge in [-0.05, 0) is 30.5 Å². The number of hydrogen-bond acceptors (Lipinski definition) is 7. The molecule has 0 unspecified atom stereocenters. The summed E-state index contributed by atoms with van der Waals surface area (Å²) in [5, 5.41) is 2.78. The molecule has 0 fully saturated rings. The molecule has 2 heterocycles. The normalized spacial score (nSPS) is 15.7. The molecular formula is C21H22N2O5. The predicted octanol–water partition coefficient (Wildman–Crippen LogP) is 3.21. The number of esters is 1. The Morgan fingerprint density at radius 1 is 1.32 bits per heavy atom. The van der Waals surface area contributed by atoms with Gasteiger partial charge in [0.2, 0.25) is 0 Å². The van der Waals surface area contributed by atoms with E-state index in [9.17, 15) is 14.4 Å². The topological polar surface area (TPSA) is 98.5 Å². The zero-order valence-corrected chi connectivity index (χ0v) is 16.1. The number of pyridine rings is 1. The van der Waals surface area contributed by atoms with E-state index in [0.717, 1.165) is 0 Å². The molecule has 0 aliphatic heterocycles. The molecule has 2 aromatic rings. The minimum absolute atomic E-state index is 0.0719. The van der Waals surface area contributed by atoms with Crippen LogP contribution < -0.4 is 10.9 Å². The van der Waals surface area contributed by atoms with Crippen molar-refractivity contribution in [1.29, 1.82) is 0 Å². The highest BCUT2D eigenvalue weighted by atomic mass is 16.5. The number of anilines is 1. The average Bonchev–Trinajstić information content (AvgIpc) is 2.63. The van der Waals surface area contributed by atoms with Gasteiger partial charge in [0.25, 0.3) is 0 Å². The van der Waals surface area contributed by atoms with Crippen LogP contribution in [0.25, 0.3) is 5.57 Å². The van der Waals surface area contributed by atoms with Gasteiger partial charge in [-0.2, -0.15) is 0 Å². The van der Waals surface area contributed by atoms with Crippen molar-refractivity contribution >= 4 is 23.0 Å². The molecule has 0 atom stereocenters. The lowest BCUT2D eigenvalue weighted by molar-refractivity contribution is -0.136. The second kappa shape index (κ2) is 7.80. The Bertz CT molecular complexity index is 990. The number of rotatable bonds is 5. The standard InChI is InChI=1S/C21H22N2O5/c1-4-27-19(25)14(15-7-5-6-8-22-15)12-23-16-9-13-17(24)10-21(2,3)11-18(13)28-20(16)26/h5-9,12,23H,4,10-11H2,1-3H3/b14-12+. The van der Waals surface area contributed by atoms with E-state index in [-0.39, 0.29) is 29.1 Å². The molecule has 0 saturated carbocycles. The fourth-order valence-electron chi connectivity index (χ4n) is 3.12. The van der Waals surface area contributed by atoms with Gasteiger partial charge in [-0.15, -0.1) is 0 Å². The molecule has 1 aliphatic carbocycles. The van der Waals surface area contributed by atoms with Crippen LogP contribution in [0.4, 0.5) is 5.69 Å². The molecule has 28 heavy (non-hydrogen) atoms. The largest absolute Gasteiger partial charge is 0.462 e. The van der Waals surface area contributed by atoms with Crippen molar-refractivity contribution in [1.82, 2.24) is 4.98 Å². The number of aromatic nitrogens is 1. The van der Waals surface area contributed by atoms with Crippen LogP contribution in [-0.4, -0.2) is 23.3 Å². The molecule has 0 bridgehead atoms. The van der Waals surface area contributed by atoms with Crippen LogP contribution >= 0.6 is 0 Å². The first-order valence-electron chi connectivity index (χ1n) is 9.06. The van der Waals surface area contributed by atoms with Gasteiger partial charge < -0.3 is 14.5 Å². The van der Waals surface area contributed by atoms with Gasteiger partial charge >= 0.3 is 11.6 Å². The molecule has 1 N–H and O–H groups in total. The Labute approximate surface area is 162 Å². The summed E-state index contributed by atoms with van der Waals surface area (Å²) in [6, 6.07) is 6.61. The Kier molecular flexibility index (Phi) is 5.44. The fraction of sp³-hybridized carbons (Fsp3) is 0.333. The molecule has 7 heteroatoms. The summed E-state index contributed by atoms with van der Waals surface area (Å²) in [4.78, 5) is 41.2. The highest BCUT2D eigenvalue weighted by Crippen LogP contribution is 2.34. The molecule has 2 aromatic heterocycles. The predicted molar refractivity (Wildman–Crippen MR) is 104 cm³/mol. The summed E-state index contributed by atoms with van der Waals surface area (Å²) in [6.07, 6.45) is 3.79. The van der Waals surface area contributed by atoms with Gasteiger partial charge in [-0.1, -0.05) is 19.9 Å². The van der Waals surface area contributed by atoms with Crippen molar-refractivity contribution in [2.75, 3.05) is 11.9 Å². The van der Waals surface area contributed by atoms with Gasteiger partial charge in [-0.3, -0.25) is 9.78 Å². The maximum absolute atomic E-state index is 12.4. The third-order valence-electron chi connectivity index (χ3n) is 4.41. The van der Waals surface area contributed by atoms with Crippen LogP contribution in [0.15, 0.2) is 45.9 Å². The van der Waals surface area contributed by atoms with E-state index in [2.05, 4.69) is 10.3 Å². The molecule has 0 spiro atoms. The van der Waals surface area contributed by atoms with Gasteiger partial charge in [-0.25, -0.2) is 9.59 Å². The molecule has 1 aliphatic rings. The number of carbonyl (C=O) groups is 2. The van der Waals surface area contributed by atoms with E-state index < -0.39 is 11.6 Å². The third kappa shape index (κ3) is 4.19. The number of nitrogens with one attached hydrogen (secondary N) is 1. The van der Waals surface area contributed by atoms with Crippen LogP contribution in [0.3, 0.4) is 0 Å². The Morgan fingerprint density at radius 2 is 2.11 bits per heavy atom. The SMILES string of the molecule is CCOC(=O)/C(=C/Nc1cc2c(oc1=O)CC(C)(C)CC2=O)c1ccccn1. The van der Waals surface area contributed by atoms with Crippen LogP contribution in [0.5, 0.6) is 0 Å². The lowest BCUT2D eigenvalue weighted by Gasteiger charge is -2.28. The number of ether oxygens (including phenoxy) is 1. The molecule has 3 rings (SSSR count). The van der Waals surface area contributed by atoms with E-state index >= 15 is 0 Å². The van der Waals surface area contributed by atoms with Gasteiger partial charge in [0.15, 0.2) is 5.78 Å². The Balaban J connectivity index is 1.96. The zero-order valence-electron chi connectivity index (χ0n) is 16.1. The molecule has 146 valence electrons. The second-order valence-electron chi connectivity index (χ2n) is 7.36. The third-order valence-corrected chi connectivity index (χ3v) is 4.41. The summed E-state index contributed by atoms with van der Waals surface area (Å²) in [5.74, 6) is -0.248. The molecule has 0 radical (unpaired) electrons. The maximum Gasteiger partial charge on any atom is 0.359 e. The minimum Gasteiger partial charge on any atom is -0.462 e. The molecule has 0 saturated heterocycles. The summed E-state index contributed by atoms with van der Waals surface area (Å²) in [6.45, 7) is 5.82. The fourth-order valence-corrected chi connectivity index (χ4v) is 3.12. The first kappa shape index (κ1) is 19.5. The molecular weight excluding hydrogens is 360 g/mol. The summed E-state index contributed by atoms with van der Waals surface area (Å²) in [5.41, 5.74) is 0.172. The number of nitrogens with zero attached hydrogens (tertiary/aromatic N) is 1. The Morgan fingerprint density at radius 3 is 2.79 bits per heavy atom. The number of carbonyl (C=O) groups excluding carboxylic acids is 2. The van der Waals surface area contributed by atoms with Crippen molar-refractivity contribution in [3.05, 3.63) is 64.1 Å². The van der Waals surface area contributed by atoms with Crippen molar-refractivity contribution in [2.45, 2.75) is 33.6 Å². The van der Waals surface area contributed by atoms with Gasteiger partial charge in [0.05, 0.1) is 17.9 Å². The summed E-state index contributed by atoms with van der Waals surface area (Å²) in [7, 11) is 0. The van der Waals surface area contributed by atoms with Crippen molar-refractivity contribution in [3.63, 3.8) is 0 Å². The van der Waals surface area contributed by atoms with Crippen LogP contribution in [0.2, 0.25) is 0 Å². The van der Waals surface area contributed by atoms with Gasteiger partial charge in [0.1, 0.15) is 17.0 Å². The summed E-state index contributed by atoms with van der Waals surface area (Å²) < 4.78 is 10.4. The van der Waals surface area contributed by atoms with E-state index in [1.54, 1.807) is 31.3 Å². The monoisotopic (exact) mass is 382 g/mol. The smallest absolute Gasteiger partial charge is 0.359 e. The quantitative estimate of drug-likeness (QED) is 0.626. The lowest BCUT2D eigenvalue weighted by atomic mass is 9.76. The molecule has 7 nitrogen and oxygen atoms in total. The maximum atomic E-state index is 12.4. The van der Waals surface area contributed by atoms with Crippen LogP contribution in [0, 0.1) is 5.41 Å². The van der Waals surface area contributed by atoms with E-state index in [0.29, 0.717) is 29.9 Å². The number of hydrogen-bond donors (Lipinski definition) is 1. The first-order chi connectivity index (χ1) is 13.3. The minimum atomic E-state index is -0.607. The Hall–Kier alpha value is -3.22. The lowest BCUT2D eigenvalue weighted by Crippen LogP contribution is -2.28. The van der Waals surface area contributed by atoms with E-state index in [4.69, 9.17) is 9.15 Å². The van der Waals surface area contributed by atoms with E-state index in [1.807, 2.05) is 13.8 Å². The van der Waals surface area contributed by atoms with Crippen LogP contribution in [0.1, 0.15) is 49.0 Å². The van der Waals surface area contributed by atoms with Crippen molar-refractivity contribution < 1.29 is 18.7 Å². The molecule has 0 aromatic carbocycles. The first-order valence-corrected chi connectivity index (χ1v) is 9.06. The number of ketones is 1. The zero-order chi connectivity index (χ0) is 20.3. The molecule has 0 amide bonds. The second-order valence-corrected chi connectivity index (χ2v) is 7.36. The van der Waals surface area contributed by atoms with E-state index in [1.165, 1.54) is 12.3 Å². The average molecular weight is 382 g/mol. The number of Topliss-reactive ketones (excluding diaryl/α,β-unsaturated/α-hetero) is 1. The van der Waals surface area contributed by atoms with Gasteiger partial charge in [0, 0.05) is 25.2 Å². The number of fused-ring (bicyclic) bond motifs is 1. The van der Waals surface area contributed by atoms with Crippen molar-refractivity contribution in [3.8, 4) is 0 Å². The van der Waals surface area contributed by atoms with Crippen LogP contribution in [-0.2, 0) is 16.0 Å². The summed E-state index contributed by atoms with van der Waals surface area (Å²) >= 11 is 0. The highest BCUT2D eigenvalue weighted by Gasteiger charge is 2.33. The highest BCUT2D eigenvalue weighted by molar-refractivity contribution is 6.16.